The van der Waals surface area contributed by atoms with Crippen LogP contribution < -0.4 is 5.32 Å². The molecule has 1 heterocycles. The molecule has 0 aromatic carbocycles. The summed E-state index contributed by atoms with van der Waals surface area (Å²) in [5.41, 5.74) is 1.15. The number of rotatable bonds is 4. The summed E-state index contributed by atoms with van der Waals surface area (Å²) in [6.07, 6.45) is 10.3. The van der Waals surface area contributed by atoms with E-state index in [1.807, 2.05) is 0 Å². The molecule has 1 saturated carbocycles. The topological polar surface area (TPSA) is 38.1 Å². The van der Waals surface area contributed by atoms with Crippen molar-refractivity contribution in [3.05, 3.63) is 18.0 Å². The summed E-state index contributed by atoms with van der Waals surface area (Å²) in [6.45, 7) is 3.19. The van der Waals surface area contributed by atoms with Crippen molar-refractivity contribution in [1.82, 2.24) is 10.5 Å². The lowest BCUT2D eigenvalue weighted by Gasteiger charge is -2.31. The average molecular weight is 208 g/mol. The van der Waals surface area contributed by atoms with Gasteiger partial charge in [-0.05, 0) is 18.8 Å². The first kappa shape index (κ1) is 10.7. The lowest BCUT2D eigenvalue weighted by atomic mass is 9.83. The zero-order valence-electron chi connectivity index (χ0n) is 9.41. The molecule has 84 valence electrons. The zero-order valence-corrected chi connectivity index (χ0v) is 9.41. The molecule has 0 radical (unpaired) electrons. The number of hydrogen-bond donors (Lipinski definition) is 1. The Kier molecular flexibility index (Phi) is 3.78. The van der Waals surface area contributed by atoms with Crippen LogP contribution in [-0.4, -0.2) is 11.2 Å². The monoisotopic (exact) mass is 208 g/mol. The molecule has 15 heavy (non-hydrogen) atoms. The van der Waals surface area contributed by atoms with E-state index in [0.29, 0.717) is 6.04 Å². The second-order valence-corrected chi connectivity index (χ2v) is 4.47. The van der Waals surface area contributed by atoms with E-state index in [-0.39, 0.29) is 0 Å². The van der Waals surface area contributed by atoms with Gasteiger partial charge in [0.25, 0.3) is 0 Å². The summed E-state index contributed by atoms with van der Waals surface area (Å²) in [5, 5.41) is 7.34. The van der Waals surface area contributed by atoms with Gasteiger partial charge in [-0.3, -0.25) is 0 Å². The van der Waals surface area contributed by atoms with E-state index >= 15 is 0 Å². The molecule has 1 aliphatic rings. The summed E-state index contributed by atoms with van der Waals surface area (Å²) in [7, 11) is 0. The van der Waals surface area contributed by atoms with Crippen molar-refractivity contribution >= 4 is 0 Å². The highest BCUT2D eigenvalue weighted by Crippen LogP contribution is 2.26. The first-order valence-electron chi connectivity index (χ1n) is 6.01. The van der Waals surface area contributed by atoms with Crippen LogP contribution in [0.25, 0.3) is 0 Å². The lowest BCUT2D eigenvalue weighted by Crippen LogP contribution is -2.37. The van der Waals surface area contributed by atoms with Crippen LogP contribution in [0, 0.1) is 5.92 Å². The van der Waals surface area contributed by atoms with Crippen LogP contribution in [0.3, 0.4) is 0 Å². The fraction of sp³-hybridized carbons (Fsp3) is 0.750. The van der Waals surface area contributed by atoms with Crippen LogP contribution in [0.1, 0.15) is 44.6 Å². The van der Waals surface area contributed by atoms with E-state index < -0.39 is 0 Å². The highest BCUT2D eigenvalue weighted by molar-refractivity contribution is 5.00. The quantitative estimate of drug-likeness (QED) is 0.826. The molecule has 2 unspecified atom stereocenters. The molecule has 1 aromatic heterocycles. The van der Waals surface area contributed by atoms with Crippen molar-refractivity contribution in [3.8, 4) is 0 Å². The average Bonchev–Trinajstić information content (AvgIpc) is 2.79. The van der Waals surface area contributed by atoms with Crippen molar-refractivity contribution < 1.29 is 4.52 Å². The Morgan fingerprint density at radius 2 is 2.33 bits per heavy atom. The van der Waals surface area contributed by atoms with E-state index in [4.69, 9.17) is 4.52 Å². The Hall–Kier alpha value is -0.830. The molecular weight excluding hydrogens is 188 g/mol. The van der Waals surface area contributed by atoms with E-state index in [0.717, 1.165) is 18.0 Å². The van der Waals surface area contributed by atoms with Crippen molar-refractivity contribution in [2.24, 2.45) is 5.92 Å². The van der Waals surface area contributed by atoms with Gasteiger partial charge in [0.15, 0.2) is 0 Å². The number of nitrogens with one attached hydrogen (secondary N) is 1. The molecule has 1 N–H and O–H groups in total. The van der Waals surface area contributed by atoms with E-state index in [9.17, 15) is 0 Å². The fourth-order valence-corrected chi connectivity index (χ4v) is 2.53. The van der Waals surface area contributed by atoms with Gasteiger partial charge < -0.3 is 9.84 Å². The maximum Gasteiger partial charge on any atom is 0.128 e. The Bertz CT molecular complexity index is 271. The molecule has 2 atom stereocenters. The van der Waals surface area contributed by atoms with Crippen LogP contribution >= 0.6 is 0 Å². The molecule has 0 bridgehead atoms. The van der Waals surface area contributed by atoms with Crippen LogP contribution in [-0.2, 0) is 6.54 Å². The van der Waals surface area contributed by atoms with Crippen LogP contribution in [0.15, 0.2) is 17.0 Å². The SMILES string of the molecule is CCC1CCCCC1NCc1cnoc1. The van der Waals surface area contributed by atoms with E-state index in [1.54, 1.807) is 12.5 Å². The fourth-order valence-electron chi connectivity index (χ4n) is 2.53. The van der Waals surface area contributed by atoms with Crippen LogP contribution in [0.5, 0.6) is 0 Å². The zero-order chi connectivity index (χ0) is 10.5. The predicted octanol–water partition coefficient (Wildman–Crippen LogP) is 2.73. The largest absolute Gasteiger partial charge is 0.364 e. The molecule has 3 nitrogen and oxygen atoms in total. The van der Waals surface area contributed by atoms with Gasteiger partial charge >= 0.3 is 0 Å². The first-order chi connectivity index (χ1) is 7.40. The van der Waals surface area contributed by atoms with Crippen molar-refractivity contribution in [2.45, 2.75) is 51.6 Å². The Morgan fingerprint density at radius 3 is 3.07 bits per heavy atom. The minimum Gasteiger partial charge on any atom is -0.364 e. The molecule has 1 fully saturated rings. The van der Waals surface area contributed by atoms with Crippen molar-refractivity contribution in [3.63, 3.8) is 0 Å². The standard InChI is InChI=1S/C12H20N2O/c1-2-11-5-3-4-6-12(11)13-7-10-8-14-15-9-10/h8-9,11-13H,2-7H2,1H3. The lowest BCUT2D eigenvalue weighted by molar-refractivity contribution is 0.254. The van der Waals surface area contributed by atoms with Gasteiger partial charge in [-0.1, -0.05) is 31.3 Å². The van der Waals surface area contributed by atoms with Gasteiger partial charge in [0.1, 0.15) is 6.26 Å². The summed E-state index contributed by atoms with van der Waals surface area (Å²) in [4.78, 5) is 0. The number of aromatic nitrogens is 1. The molecule has 0 spiro atoms. The van der Waals surface area contributed by atoms with Gasteiger partial charge in [-0.2, -0.15) is 0 Å². The highest BCUT2D eigenvalue weighted by Gasteiger charge is 2.22. The van der Waals surface area contributed by atoms with Crippen molar-refractivity contribution in [2.75, 3.05) is 0 Å². The van der Waals surface area contributed by atoms with Gasteiger partial charge in [-0.25, -0.2) is 0 Å². The molecule has 2 rings (SSSR count). The smallest absolute Gasteiger partial charge is 0.128 e. The summed E-state index contributed by atoms with van der Waals surface area (Å²) in [5.74, 6) is 0.860. The van der Waals surface area contributed by atoms with Gasteiger partial charge in [0, 0.05) is 18.2 Å². The summed E-state index contributed by atoms with van der Waals surface area (Å²) >= 11 is 0. The second kappa shape index (κ2) is 5.31. The normalized spacial score (nSPS) is 26.7. The Balaban J connectivity index is 1.81. The molecule has 1 aliphatic carbocycles. The van der Waals surface area contributed by atoms with Crippen molar-refractivity contribution in [1.29, 1.82) is 0 Å². The molecule has 0 amide bonds. The molecule has 0 saturated heterocycles. The third kappa shape index (κ3) is 2.81. The highest BCUT2D eigenvalue weighted by atomic mass is 16.5. The van der Waals surface area contributed by atoms with E-state index in [1.165, 1.54) is 32.1 Å². The Morgan fingerprint density at radius 1 is 1.47 bits per heavy atom. The first-order valence-corrected chi connectivity index (χ1v) is 6.01. The predicted molar refractivity (Wildman–Crippen MR) is 59.4 cm³/mol. The minimum absolute atomic E-state index is 0.693. The minimum atomic E-state index is 0.693. The molecular formula is C12H20N2O. The maximum absolute atomic E-state index is 4.82. The van der Waals surface area contributed by atoms with Crippen LogP contribution in [0.2, 0.25) is 0 Å². The molecule has 3 heteroatoms. The second-order valence-electron chi connectivity index (χ2n) is 4.47. The summed E-state index contributed by atoms with van der Waals surface area (Å²) < 4.78 is 4.82. The van der Waals surface area contributed by atoms with Gasteiger partial charge in [-0.15, -0.1) is 0 Å². The van der Waals surface area contributed by atoms with Crippen LogP contribution in [0.4, 0.5) is 0 Å². The molecule has 1 aromatic rings. The van der Waals surface area contributed by atoms with E-state index in [2.05, 4.69) is 17.4 Å². The molecule has 0 aliphatic heterocycles. The number of nitrogens with zero attached hydrogens (tertiary/aromatic N) is 1. The summed E-state index contributed by atoms with van der Waals surface area (Å²) in [6, 6.07) is 0.693. The number of hydrogen-bond acceptors (Lipinski definition) is 3. The van der Waals surface area contributed by atoms with Gasteiger partial charge in [0.2, 0.25) is 0 Å². The third-order valence-corrected chi connectivity index (χ3v) is 3.49. The maximum atomic E-state index is 4.82. The Labute approximate surface area is 91.2 Å². The van der Waals surface area contributed by atoms with Gasteiger partial charge in [0.05, 0.1) is 6.20 Å². The third-order valence-electron chi connectivity index (χ3n) is 3.49.